The SMILES string of the molecule is CC(C)CCN(c1nc(Cl)ncc1Cl)C1CC1. The van der Waals surface area contributed by atoms with Crippen molar-refractivity contribution in [1.82, 2.24) is 9.97 Å². The normalized spacial score (nSPS) is 15.4. The maximum Gasteiger partial charge on any atom is 0.224 e. The molecule has 1 aromatic rings. The fourth-order valence-electron chi connectivity index (χ4n) is 1.78. The lowest BCUT2D eigenvalue weighted by Gasteiger charge is -2.25. The number of hydrogen-bond donors (Lipinski definition) is 0. The summed E-state index contributed by atoms with van der Waals surface area (Å²) in [5.74, 6) is 1.46. The molecule has 1 aliphatic carbocycles. The molecule has 0 unspecified atom stereocenters. The van der Waals surface area contributed by atoms with Gasteiger partial charge in [-0.1, -0.05) is 25.4 Å². The van der Waals surface area contributed by atoms with E-state index in [1.807, 2.05) is 0 Å². The van der Waals surface area contributed by atoms with Crippen molar-refractivity contribution >= 4 is 29.0 Å². The summed E-state index contributed by atoms with van der Waals surface area (Å²) in [5.41, 5.74) is 0. The van der Waals surface area contributed by atoms with Crippen molar-refractivity contribution in [3.63, 3.8) is 0 Å². The van der Waals surface area contributed by atoms with Gasteiger partial charge in [0.15, 0.2) is 5.82 Å². The topological polar surface area (TPSA) is 29.0 Å². The summed E-state index contributed by atoms with van der Waals surface area (Å²) in [6.07, 6.45) is 5.15. The summed E-state index contributed by atoms with van der Waals surface area (Å²) < 4.78 is 0. The molecule has 3 nitrogen and oxygen atoms in total. The Kier molecular flexibility index (Phi) is 4.10. The molecule has 1 aromatic heterocycles. The number of nitrogens with zero attached hydrogens (tertiary/aromatic N) is 3. The lowest BCUT2D eigenvalue weighted by molar-refractivity contribution is 0.568. The number of hydrogen-bond acceptors (Lipinski definition) is 3. The minimum Gasteiger partial charge on any atom is -0.352 e. The molecule has 1 heterocycles. The summed E-state index contributed by atoms with van der Waals surface area (Å²) in [7, 11) is 0. The van der Waals surface area contributed by atoms with Crippen molar-refractivity contribution in [2.75, 3.05) is 11.4 Å². The van der Waals surface area contributed by atoms with Crippen LogP contribution in [0.5, 0.6) is 0 Å². The van der Waals surface area contributed by atoms with Gasteiger partial charge in [-0.15, -0.1) is 0 Å². The van der Waals surface area contributed by atoms with E-state index in [0.717, 1.165) is 18.8 Å². The Bertz CT molecular complexity index is 391. The second-order valence-electron chi connectivity index (χ2n) is 4.92. The third-order valence-electron chi connectivity index (χ3n) is 2.90. The van der Waals surface area contributed by atoms with Gasteiger partial charge >= 0.3 is 0 Å². The zero-order valence-corrected chi connectivity index (χ0v) is 11.7. The Hall–Kier alpha value is -0.540. The second kappa shape index (κ2) is 5.40. The highest BCUT2D eigenvalue weighted by atomic mass is 35.5. The van der Waals surface area contributed by atoms with Crippen LogP contribution < -0.4 is 4.90 Å². The zero-order chi connectivity index (χ0) is 12.4. The fraction of sp³-hybridized carbons (Fsp3) is 0.667. The van der Waals surface area contributed by atoms with Crippen molar-refractivity contribution in [3.05, 3.63) is 16.5 Å². The Morgan fingerprint density at radius 2 is 2.12 bits per heavy atom. The van der Waals surface area contributed by atoms with Gasteiger partial charge in [0.25, 0.3) is 0 Å². The van der Waals surface area contributed by atoms with Crippen molar-refractivity contribution in [2.45, 2.75) is 39.2 Å². The number of aromatic nitrogens is 2. The quantitative estimate of drug-likeness (QED) is 0.765. The summed E-state index contributed by atoms with van der Waals surface area (Å²) in [5, 5.41) is 0.852. The van der Waals surface area contributed by atoms with Crippen LogP contribution in [0.25, 0.3) is 0 Å². The highest BCUT2D eigenvalue weighted by molar-refractivity contribution is 6.33. The van der Waals surface area contributed by atoms with Crippen LogP contribution in [0.3, 0.4) is 0 Å². The molecule has 0 spiro atoms. The van der Waals surface area contributed by atoms with Crippen molar-refractivity contribution < 1.29 is 0 Å². The predicted octanol–water partition coefficient (Wildman–Crippen LogP) is 3.80. The Labute approximate surface area is 112 Å². The first-order chi connectivity index (χ1) is 8.08. The van der Waals surface area contributed by atoms with Gasteiger partial charge in [-0.05, 0) is 36.8 Å². The molecule has 94 valence electrons. The van der Waals surface area contributed by atoms with Gasteiger partial charge in [0.05, 0.1) is 6.20 Å². The molecule has 0 amide bonds. The first-order valence-corrected chi connectivity index (χ1v) is 6.78. The molecule has 1 fully saturated rings. The van der Waals surface area contributed by atoms with E-state index in [2.05, 4.69) is 28.7 Å². The highest BCUT2D eigenvalue weighted by Crippen LogP contribution is 2.34. The van der Waals surface area contributed by atoms with Gasteiger partial charge in [0.2, 0.25) is 5.28 Å². The number of rotatable bonds is 5. The third-order valence-corrected chi connectivity index (χ3v) is 3.35. The van der Waals surface area contributed by atoms with Gasteiger partial charge < -0.3 is 4.90 Å². The molecule has 1 saturated carbocycles. The molecule has 0 radical (unpaired) electrons. The smallest absolute Gasteiger partial charge is 0.224 e. The fourth-order valence-corrected chi connectivity index (χ4v) is 2.11. The average Bonchev–Trinajstić information content (AvgIpc) is 3.07. The van der Waals surface area contributed by atoms with E-state index in [1.54, 1.807) is 6.20 Å². The molecule has 0 saturated heterocycles. The van der Waals surface area contributed by atoms with E-state index in [-0.39, 0.29) is 5.28 Å². The summed E-state index contributed by atoms with van der Waals surface area (Å²) in [4.78, 5) is 10.4. The van der Waals surface area contributed by atoms with Crippen LogP contribution >= 0.6 is 23.2 Å². The van der Waals surface area contributed by atoms with Crippen LogP contribution in [0.4, 0.5) is 5.82 Å². The maximum atomic E-state index is 6.15. The van der Waals surface area contributed by atoms with E-state index in [0.29, 0.717) is 17.0 Å². The Morgan fingerprint density at radius 1 is 1.41 bits per heavy atom. The van der Waals surface area contributed by atoms with Crippen LogP contribution in [0.2, 0.25) is 10.3 Å². The van der Waals surface area contributed by atoms with Crippen molar-refractivity contribution in [3.8, 4) is 0 Å². The molecule has 0 aliphatic heterocycles. The van der Waals surface area contributed by atoms with Crippen LogP contribution in [0.15, 0.2) is 6.20 Å². The van der Waals surface area contributed by atoms with Crippen LogP contribution in [-0.4, -0.2) is 22.6 Å². The van der Waals surface area contributed by atoms with Crippen LogP contribution in [-0.2, 0) is 0 Å². The molecular formula is C12H17Cl2N3. The Morgan fingerprint density at radius 3 is 2.71 bits per heavy atom. The molecule has 0 N–H and O–H groups in total. The van der Waals surface area contributed by atoms with E-state index in [4.69, 9.17) is 23.2 Å². The molecule has 0 aromatic carbocycles. The van der Waals surface area contributed by atoms with E-state index >= 15 is 0 Å². The molecule has 1 aliphatic rings. The monoisotopic (exact) mass is 273 g/mol. The first-order valence-electron chi connectivity index (χ1n) is 6.02. The van der Waals surface area contributed by atoms with E-state index in [9.17, 15) is 0 Å². The van der Waals surface area contributed by atoms with Gasteiger partial charge in [-0.25, -0.2) is 4.98 Å². The van der Waals surface area contributed by atoms with Gasteiger partial charge in [-0.3, -0.25) is 0 Å². The number of halogens is 2. The average molecular weight is 274 g/mol. The van der Waals surface area contributed by atoms with Gasteiger partial charge in [0, 0.05) is 12.6 Å². The van der Waals surface area contributed by atoms with Crippen molar-refractivity contribution in [1.29, 1.82) is 0 Å². The van der Waals surface area contributed by atoms with Crippen LogP contribution in [0.1, 0.15) is 33.1 Å². The lowest BCUT2D eigenvalue weighted by Crippen LogP contribution is -2.29. The summed E-state index contributed by atoms with van der Waals surface area (Å²) in [6, 6.07) is 0.581. The third kappa shape index (κ3) is 3.46. The van der Waals surface area contributed by atoms with E-state index < -0.39 is 0 Å². The lowest BCUT2D eigenvalue weighted by atomic mass is 10.1. The Balaban J connectivity index is 2.16. The molecule has 17 heavy (non-hydrogen) atoms. The van der Waals surface area contributed by atoms with Crippen LogP contribution in [0, 0.1) is 5.92 Å². The standard InChI is InChI=1S/C12H17Cl2N3/c1-8(2)5-6-17(9-3-4-9)11-10(13)7-15-12(14)16-11/h7-9H,3-6H2,1-2H3. The van der Waals surface area contributed by atoms with Crippen molar-refractivity contribution in [2.24, 2.45) is 5.92 Å². The first kappa shape index (κ1) is 12.9. The molecular weight excluding hydrogens is 257 g/mol. The molecule has 0 atom stereocenters. The molecule has 5 heteroatoms. The summed E-state index contributed by atoms with van der Waals surface area (Å²) >= 11 is 12.0. The minimum atomic E-state index is 0.264. The van der Waals surface area contributed by atoms with Gasteiger partial charge in [-0.2, -0.15) is 4.98 Å². The summed E-state index contributed by atoms with van der Waals surface area (Å²) in [6.45, 7) is 5.43. The second-order valence-corrected chi connectivity index (χ2v) is 5.66. The predicted molar refractivity (Wildman–Crippen MR) is 71.9 cm³/mol. The number of anilines is 1. The zero-order valence-electron chi connectivity index (χ0n) is 10.2. The van der Waals surface area contributed by atoms with Gasteiger partial charge in [0.1, 0.15) is 5.02 Å². The maximum absolute atomic E-state index is 6.15. The molecule has 0 bridgehead atoms. The largest absolute Gasteiger partial charge is 0.352 e. The highest BCUT2D eigenvalue weighted by Gasteiger charge is 2.31. The molecule has 2 rings (SSSR count). The van der Waals surface area contributed by atoms with E-state index in [1.165, 1.54) is 12.8 Å². The minimum absolute atomic E-state index is 0.264.